The lowest BCUT2D eigenvalue weighted by Crippen LogP contribution is -2.45. The number of hydrogen-bond acceptors (Lipinski definition) is 8. The molecule has 2 aliphatic heterocycles. The molecule has 3 unspecified atom stereocenters. The molecular weight excluding hydrogens is 528 g/mol. The van der Waals surface area contributed by atoms with Gasteiger partial charge in [0, 0.05) is 37.3 Å². The first-order valence-electron chi connectivity index (χ1n) is 12.9. The fraction of sp³-hybridized carbons (Fsp3) is 0.444. The summed E-state index contributed by atoms with van der Waals surface area (Å²) in [4.78, 5) is 14.2. The van der Waals surface area contributed by atoms with E-state index in [9.17, 15) is 13.9 Å². The van der Waals surface area contributed by atoms with Crippen LogP contribution in [-0.2, 0) is 16.1 Å². The molecule has 1 aromatic heterocycles. The number of nitrogens with zero attached hydrogens (tertiary/aromatic N) is 5. The summed E-state index contributed by atoms with van der Waals surface area (Å²) < 4.78 is 61.8. The van der Waals surface area contributed by atoms with E-state index in [2.05, 4.69) is 10.2 Å². The Morgan fingerprint density at radius 1 is 1.08 bits per heavy atom. The molecule has 39 heavy (non-hydrogen) atoms. The van der Waals surface area contributed by atoms with E-state index in [0.29, 0.717) is 25.8 Å². The smallest absolute Gasteiger partial charge is 0.312 e. The van der Waals surface area contributed by atoms with Gasteiger partial charge in [-0.05, 0) is 37.8 Å². The fourth-order valence-electron chi connectivity index (χ4n) is 5.78. The van der Waals surface area contributed by atoms with Crippen molar-refractivity contribution in [3.63, 3.8) is 0 Å². The standard InChI is InChI=1S/C27H33F2N5O4S/c1-18-8-9-26(19-6-4-3-5-7-19)39(36,37)34(18)14-20-12-23(29)25(13-22(20)28)32-11-10-24(33-16-30-31-17-33)21(15-32)27(35)38-2/h3-7,12-13,16-18,21,24,26,36-37H,8-11,14-15H2,1-2H3/t18?,21?,24-,26?/m1/s1. The summed E-state index contributed by atoms with van der Waals surface area (Å²) in [5.74, 6) is -2.36. The van der Waals surface area contributed by atoms with E-state index < -0.39 is 39.5 Å². The van der Waals surface area contributed by atoms with Crippen molar-refractivity contribution in [2.75, 3.05) is 25.1 Å². The lowest BCUT2D eigenvalue weighted by Gasteiger charge is -2.54. The van der Waals surface area contributed by atoms with Crippen LogP contribution in [-0.4, -0.2) is 60.4 Å². The third-order valence-electron chi connectivity index (χ3n) is 7.92. The first-order chi connectivity index (χ1) is 18.7. The van der Waals surface area contributed by atoms with Crippen LogP contribution in [0.4, 0.5) is 14.5 Å². The average molecular weight is 562 g/mol. The van der Waals surface area contributed by atoms with Gasteiger partial charge in [-0.2, -0.15) is 4.31 Å². The van der Waals surface area contributed by atoms with E-state index in [1.165, 1.54) is 24.1 Å². The normalized spacial score (nSPS) is 26.3. The van der Waals surface area contributed by atoms with Gasteiger partial charge in [-0.25, -0.2) is 8.78 Å². The summed E-state index contributed by atoms with van der Waals surface area (Å²) in [5, 5.41) is 7.12. The Hall–Kier alpha value is -3.06. The molecule has 12 heteroatoms. The van der Waals surface area contributed by atoms with Crippen LogP contribution in [0.15, 0.2) is 55.1 Å². The predicted octanol–water partition coefficient (Wildman–Crippen LogP) is 5.19. The molecule has 0 amide bonds. The van der Waals surface area contributed by atoms with Crippen LogP contribution in [0.5, 0.6) is 0 Å². The zero-order valence-corrected chi connectivity index (χ0v) is 22.7. The minimum absolute atomic E-state index is 0.0423. The average Bonchev–Trinajstić information content (AvgIpc) is 3.47. The van der Waals surface area contributed by atoms with Gasteiger partial charge in [-0.1, -0.05) is 30.3 Å². The molecular formula is C27H33F2N5O4S. The number of piperidine rings is 1. The second kappa shape index (κ2) is 11.2. The minimum atomic E-state index is -3.30. The van der Waals surface area contributed by atoms with Crippen LogP contribution >= 0.6 is 10.8 Å². The molecule has 2 aromatic carbocycles. The summed E-state index contributed by atoms with van der Waals surface area (Å²) in [6.45, 7) is 2.24. The number of esters is 1. The number of rotatable bonds is 6. The molecule has 5 rings (SSSR count). The summed E-state index contributed by atoms with van der Waals surface area (Å²) in [6, 6.07) is 11.0. The Morgan fingerprint density at radius 2 is 1.79 bits per heavy atom. The van der Waals surface area contributed by atoms with E-state index in [1.807, 2.05) is 37.3 Å². The largest absolute Gasteiger partial charge is 0.469 e. The molecule has 0 spiro atoms. The van der Waals surface area contributed by atoms with Gasteiger partial charge in [0.25, 0.3) is 0 Å². The van der Waals surface area contributed by atoms with Crippen molar-refractivity contribution in [2.24, 2.45) is 5.92 Å². The molecule has 4 atom stereocenters. The van der Waals surface area contributed by atoms with Crippen LogP contribution in [0, 0.1) is 17.6 Å². The maximum atomic E-state index is 15.5. The molecule has 0 saturated carbocycles. The lowest BCUT2D eigenvalue weighted by molar-refractivity contribution is -0.147. The number of hydrogen-bond donors (Lipinski definition) is 2. The van der Waals surface area contributed by atoms with Crippen molar-refractivity contribution in [1.82, 2.24) is 19.1 Å². The molecule has 2 aliphatic rings. The highest BCUT2D eigenvalue weighted by Gasteiger charge is 2.41. The van der Waals surface area contributed by atoms with Gasteiger partial charge in [-0.15, -0.1) is 21.0 Å². The highest BCUT2D eigenvalue weighted by atomic mass is 32.3. The topological polar surface area (TPSA) is 104 Å². The van der Waals surface area contributed by atoms with Crippen molar-refractivity contribution in [1.29, 1.82) is 0 Å². The summed E-state index contributed by atoms with van der Waals surface area (Å²) in [6.07, 6.45) is 4.81. The quantitative estimate of drug-likeness (QED) is 0.397. The third kappa shape index (κ3) is 5.38. The highest BCUT2D eigenvalue weighted by Crippen LogP contribution is 2.63. The molecule has 2 fully saturated rings. The zero-order valence-electron chi connectivity index (χ0n) is 21.9. The molecule has 9 nitrogen and oxygen atoms in total. The van der Waals surface area contributed by atoms with E-state index in [0.717, 1.165) is 17.7 Å². The van der Waals surface area contributed by atoms with E-state index in [4.69, 9.17) is 4.74 Å². The first-order valence-corrected chi connectivity index (χ1v) is 14.5. The lowest BCUT2D eigenvalue weighted by atomic mass is 9.91. The molecule has 0 bridgehead atoms. The van der Waals surface area contributed by atoms with Crippen molar-refractivity contribution in [3.05, 3.63) is 77.9 Å². The van der Waals surface area contributed by atoms with Gasteiger partial charge in [0.2, 0.25) is 0 Å². The SMILES string of the molecule is COC(=O)C1CN(c2cc(F)c(CN3C(C)CCC(c4ccccc4)S3(O)O)cc2F)CC[C@H]1n1cnnc1. The summed E-state index contributed by atoms with van der Waals surface area (Å²) in [5.41, 5.74) is 0.903. The number of aromatic nitrogens is 3. The molecule has 0 aliphatic carbocycles. The maximum absolute atomic E-state index is 15.5. The Bertz CT molecular complexity index is 1300. The molecule has 3 heterocycles. The van der Waals surface area contributed by atoms with Crippen LogP contribution < -0.4 is 4.90 Å². The number of methoxy groups -OCH3 is 1. The summed E-state index contributed by atoms with van der Waals surface area (Å²) >= 11 is 0. The van der Waals surface area contributed by atoms with Gasteiger partial charge < -0.3 is 14.2 Å². The van der Waals surface area contributed by atoms with E-state index >= 15 is 8.78 Å². The molecule has 3 aromatic rings. The number of carbonyl (C=O) groups excluding carboxylic acids is 1. The van der Waals surface area contributed by atoms with Crippen LogP contribution in [0.25, 0.3) is 0 Å². The van der Waals surface area contributed by atoms with Crippen molar-refractivity contribution >= 4 is 22.4 Å². The second-order valence-electron chi connectivity index (χ2n) is 10.2. The van der Waals surface area contributed by atoms with Gasteiger partial charge >= 0.3 is 5.97 Å². The number of ether oxygens (including phenoxy) is 1. The highest BCUT2D eigenvalue weighted by molar-refractivity contribution is 8.22. The monoisotopic (exact) mass is 561 g/mol. The van der Waals surface area contributed by atoms with E-state index in [-0.39, 0.29) is 36.4 Å². The van der Waals surface area contributed by atoms with Gasteiger partial charge in [0.15, 0.2) is 0 Å². The van der Waals surface area contributed by atoms with Gasteiger partial charge in [0.05, 0.1) is 30.0 Å². The maximum Gasteiger partial charge on any atom is 0.312 e. The van der Waals surface area contributed by atoms with Crippen LogP contribution in [0.2, 0.25) is 0 Å². The van der Waals surface area contributed by atoms with Crippen molar-refractivity contribution in [2.45, 2.75) is 50.1 Å². The van der Waals surface area contributed by atoms with Crippen LogP contribution in [0.1, 0.15) is 48.6 Å². The Kier molecular flexibility index (Phi) is 7.90. The minimum Gasteiger partial charge on any atom is -0.469 e. The predicted molar refractivity (Wildman–Crippen MR) is 144 cm³/mol. The number of halogens is 2. The molecule has 2 N–H and O–H groups in total. The zero-order chi connectivity index (χ0) is 27.7. The fourth-order valence-corrected chi connectivity index (χ4v) is 8.04. The second-order valence-corrected chi connectivity index (χ2v) is 12.4. The van der Waals surface area contributed by atoms with E-state index in [1.54, 1.807) is 9.47 Å². The number of carbonyl (C=O) groups is 1. The van der Waals surface area contributed by atoms with Gasteiger partial charge in [-0.3, -0.25) is 13.9 Å². The Morgan fingerprint density at radius 3 is 2.49 bits per heavy atom. The molecule has 2 saturated heterocycles. The van der Waals surface area contributed by atoms with Gasteiger partial charge in [0.1, 0.15) is 24.3 Å². The van der Waals surface area contributed by atoms with Crippen LogP contribution in [0.3, 0.4) is 0 Å². The number of benzene rings is 2. The molecule has 0 radical (unpaired) electrons. The third-order valence-corrected chi connectivity index (χ3v) is 10.4. The Balaban J connectivity index is 1.37. The van der Waals surface area contributed by atoms with Crippen molar-refractivity contribution < 1.29 is 27.4 Å². The first kappa shape index (κ1) is 27.5. The summed E-state index contributed by atoms with van der Waals surface area (Å²) in [7, 11) is -2.00. The van der Waals surface area contributed by atoms with Crippen molar-refractivity contribution in [3.8, 4) is 0 Å². The molecule has 210 valence electrons. The Labute approximate surface area is 227 Å². The number of anilines is 1.